The first-order valence-corrected chi connectivity index (χ1v) is 8.13. The minimum atomic E-state index is -0.209. The van der Waals surface area contributed by atoms with Gasteiger partial charge in [-0.3, -0.25) is 9.59 Å². The van der Waals surface area contributed by atoms with E-state index in [1.54, 1.807) is 11.8 Å². The van der Waals surface area contributed by atoms with Gasteiger partial charge in [0.05, 0.1) is 12.5 Å². The number of aryl methyl sites for hydroxylation is 1. The van der Waals surface area contributed by atoms with Crippen molar-refractivity contribution in [2.75, 3.05) is 19.7 Å². The molecule has 23 heavy (non-hydrogen) atoms. The van der Waals surface area contributed by atoms with Crippen molar-refractivity contribution >= 4 is 22.8 Å². The number of ether oxygens (including phenoxy) is 1. The van der Waals surface area contributed by atoms with Gasteiger partial charge in [-0.1, -0.05) is 12.1 Å². The molecule has 0 bridgehead atoms. The van der Waals surface area contributed by atoms with Gasteiger partial charge in [-0.15, -0.1) is 0 Å². The highest BCUT2D eigenvalue weighted by atomic mass is 16.5. The van der Waals surface area contributed by atoms with E-state index in [1.165, 1.54) is 0 Å². The summed E-state index contributed by atoms with van der Waals surface area (Å²) in [5, 5.41) is 1.03. The lowest BCUT2D eigenvalue weighted by Crippen LogP contribution is -2.42. The zero-order valence-corrected chi connectivity index (χ0v) is 13.6. The molecule has 5 heteroatoms. The number of benzene rings is 1. The number of fused-ring (bicyclic) bond motifs is 1. The molecule has 0 radical (unpaired) electrons. The summed E-state index contributed by atoms with van der Waals surface area (Å²) in [7, 11) is 0. The SMILES string of the molecule is CCOC(=O)C1CCCN(C(=O)c2cc3ccc(C)cc3[nH]2)C1. The lowest BCUT2D eigenvalue weighted by Gasteiger charge is -2.31. The Balaban J connectivity index is 1.77. The van der Waals surface area contributed by atoms with Crippen molar-refractivity contribution in [1.29, 1.82) is 0 Å². The van der Waals surface area contributed by atoms with E-state index in [9.17, 15) is 9.59 Å². The average Bonchev–Trinajstić information content (AvgIpc) is 2.97. The molecule has 1 aromatic carbocycles. The second kappa shape index (κ2) is 6.44. The highest BCUT2D eigenvalue weighted by Crippen LogP contribution is 2.22. The Morgan fingerprint density at radius 1 is 1.35 bits per heavy atom. The number of carbonyl (C=O) groups excluding carboxylic acids is 2. The fourth-order valence-electron chi connectivity index (χ4n) is 3.14. The quantitative estimate of drug-likeness (QED) is 0.886. The maximum absolute atomic E-state index is 12.7. The summed E-state index contributed by atoms with van der Waals surface area (Å²) in [6.07, 6.45) is 1.61. The number of aromatic nitrogens is 1. The van der Waals surface area contributed by atoms with E-state index in [2.05, 4.69) is 4.98 Å². The summed E-state index contributed by atoms with van der Waals surface area (Å²) in [5.41, 5.74) is 2.70. The van der Waals surface area contributed by atoms with Crippen LogP contribution < -0.4 is 0 Å². The number of hydrogen-bond acceptors (Lipinski definition) is 3. The van der Waals surface area contributed by atoms with E-state index in [0.29, 0.717) is 25.4 Å². The molecule has 1 amide bonds. The second-order valence-corrected chi connectivity index (χ2v) is 6.12. The number of nitrogens with one attached hydrogen (secondary N) is 1. The number of carbonyl (C=O) groups is 2. The van der Waals surface area contributed by atoms with Gasteiger partial charge in [0.15, 0.2) is 0 Å². The number of aromatic amines is 1. The normalized spacial score (nSPS) is 18.2. The molecule has 0 saturated carbocycles. The van der Waals surface area contributed by atoms with Crippen molar-refractivity contribution < 1.29 is 14.3 Å². The van der Waals surface area contributed by atoms with Crippen molar-refractivity contribution in [1.82, 2.24) is 9.88 Å². The molecule has 1 N–H and O–H groups in total. The van der Waals surface area contributed by atoms with Gasteiger partial charge in [0.25, 0.3) is 5.91 Å². The molecule has 3 rings (SSSR count). The minimum Gasteiger partial charge on any atom is -0.466 e. The van der Waals surface area contributed by atoms with Gasteiger partial charge in [-0.05, 0) is 44.4 Å². The Kier molecular flexibility index (Phi) is 4.37. The van der Waals surface area contributed by atoms with Gasteiger partial charge >= 0.3 is 5.97 Å². The van der Waals surface area contributed by atoms with E-state index in [-0.39, 0.29) is 17.8 Å². The van der Waals surface area contributed by atoms with Gasteiger partial charge in [0, 0.05) is 24.0 Å². The molecule has 1 atom stereocenters. The van der Waals surface area contributed by atoms with Crippen molar-refractivity contribution in [3.8, 4) is 0 Å². The first kappa shape index (κ1) is 15.6. The van der Waals surface area contributed by atoms with Crippen LogP contribution in [0.15, 0.2) is 24.3 Å². The minimum absolute atomic E-state index is 0.0483. The monoisotopic (exact) mass is 314 g/mol. The number of hydrogen-bond donors (Lipinski definition) is 1. The van der Waals surface area contributed by atoms with E-state index >= 15 is 0 Å². The molecule has 1 aliphatic rings. The van der Waals surface area contributed by atoms with Crippen LogP contribution in [0.4, 0.5) is 0 Å². The van der Waals surface area contributed by atoms with Gasteiger partial charge in [0.2, 0.25) is 0 Å². The third kappa shape index (κ3) is 3.23. The van der Waals surface area contributed by atoms with Crippen LogP contribution in [0, 0.1) is 12.8 Å². The molecule has 1 fully saturated rings. The topological polar surface area (TPSA) is 62.4 Å². The summed E-state index contributed by atoms with van der Waals surface area (Å²) >= 11 is 0. The predicted octanol–water partition coefficient (Wildman–Crippen LogP) is 2.89. The van der Waals surface area contributed by atoms with Crippen LogP contribution in [0.25, 0.3) is 10.9 Å². The van der Waals surface area contributed by atoms with Crippen LogP contribution in [0.3, 0.4) is 0 Å². The van der Waals surface area contributed by atoms with E-state index in [1.807, 2.05) is 31.2 Å². The fourth-order valence-corrected chi connectivity index (χ4v) is 3.14. The summed E-state index contributed by atoms with van der Waals surface area (Å²) in [4.78, 5) is 29.6. The second-order valence-electron chi connectivity index (χ2n) is 6.12. The molecule has 0 aliphatic carbocycles. The standard InChI is InChI=1S/C18H22N2O3/c1-3-23-18(22)14-5-4-8-20(11-14)17(21)16-10-13-7-6-12(2)9-15(13)19-16/h6-7,9-10,14,19H,3-5,8,11H2,1-2H3. The van der Waals surface area contributed by atoms with Crippen LogP contribution in [-0.4, -0.2) is 41.5 Å². The smallest absolute Gasteiger partial charge is 0.310 e. The number of rotatable bonds is 3. The number of likely N-dealkylation sites (tertiary alicyclic amines) is 1. The molecule has 0 spiro atoms. The highest BCUT2D eigenvalue weighted by molar-refractivity contribution is 5.98. The molecular weight excluding hydrogens is 292 g/mol. The molecule has 5 nitrogen and oxygen atoms in total. The lowest BCUT2D eigenvalue weighted by molar-refractivity contribution is -0.149. The van der Waals surface area contributed by atoms with Crippen LogP contribution >= 0.6 is 0 Å². The third-order valence-corrected chi connectivity index (χ3v) is 4.34. The van der Waals surface area contributed by atoms with Crippen LogP contribution in [-0.2, 0) is 9.53 Å². The largest absolute Gasteiger partial charge is 0.466 e. The fraction of sp³-hybridized carbons (Fsp3) is 0.444. The molecular formula is C18H22N2O3. The Morgan fingerprint density at radius 3 is 2.96 bits per heavy atom. The average molecular weight is 314 g/mol. The number of esters is 1. The molecule has 1 aromatic heterocycles. The lowest BCUT2D eigenvalue weighted by atomic mass is 9.98. The van der Waals surface area contributed by atoms with E-state index in [4.69, 9.17) is 4.74 Å². The van der Waals surface area contributed by atoms with Crippen molar-refractivity contribution in [2.24, 2.45) is 5.92 Å². The van der Waals surface area contributed by atoms with Crippen molar-refractivity contribution in [3.05, 3.63) is 35.5 Å². The Hall–Kier alpha value is -2.30. The highest BCUT2D eigenvalue weighted by Gasteiger charge is 2.30. The zero-order valence-electron chi connectivity index (χ0n) is 13.6. The van der Waals surface area contributed by atoms with Gasteiger partial charge in [-0.25, -0.2) is 0 Å². The molecule has 2 heterocycles. The van der Waals surface area contributed by atoms with E-state index in [0.717, 1.165) is 29.3 Å². The third-order valence-electron chi connectivity index (χ3n) is 4.34. The van der Waals surface area contributed by atoms with Crippen LogP contribution in [0.2, 0.25) is 0 Å². The Morgan fingerprint density at radius 2 is 2.17 bits per heavy atom. The van der Waals surface area contributed by atoms with Gasteiger partial charge in [-0.2, -0.15) is 0 Å². The van der Waals surface area contributed by atoms with Crippen LogP contribution in [0.5, 0.6) is 0 Å². The van der Waals surface area contributed by atoms with E-state index < -0.39 is 0 Å². The van der Waals surface area contributed by atoms with Crippen LogP contribution in [0.1, 0.15) is 35.8 Å². The summed E-state index contributed by atoms with van der Waals surface area (Å²) in [5.74, 6) is -0.454. The zero-order chi connectivity index (χ0) is 16.4. The number of H-pyrrole nitrogens is 1. The Labute approximate surface area is 135 Å². The number of piperidine rings is 1. The number of amides is 1. The Bertz CT molecular complexity index is 735. The first-order chi connectivity index (χ1) is 11.1. The molecule has 2 aromatic rings. The maximum atomic E-state index is 12.7. The first-order valence-electron chi connectivity index (χ1n) is 8.13. The summed E-state index contributed by atoms with van der Waals surface area (Å²) in [6, 6.07) is 7.95. The predicted molar refractivity (Wildman–Crippen MR) is 88.3 cm³/mol. The van der Waals surface area contributed by atoms with Gasteiger partial charge < -0.3 is 14.6 Å². The van der Waals surface area contributed by atoms with Crippen molar-refractivity contribution in [2.45, 2.75) is 26.7 Å². The molecule has 1 saturated heterocycles. The summed E-state index contributed by atoms with van der Waals surface area (Å²) in [6.45, 7) is 5.33. The van der Waals surface area contributed by atoms with Gasteiger partial charge in [0.1, 0.15) is 5.69 Å². The summed E-state index contributed by atoms with van der Waals surface area (Å²) < 4.78 is 5.09. The van der Waals surface area contributed by atoms with Crippen molar-refractivity contribution in [3.63, 3.8) is 0 Å². The molecule has 1 unspecified atom stereocenters. The maximum Gasteiger partial charge on any atom is 0.310 e. The molecule has 1 aliphatic heterocycles. The molecule has 122 valence electrons. The number of nitrogens with zero attached hydrogens (tertiary/aromatic N) is 1.